The average Bonchev–Trinajstić information content (AvgIpc) is 2.70. The molecule has 2 aromatic rings. The largest absolute Gasteiger partial charge is 0.483 e. The lowest BCUT2D eigenvalue weighted by Gasteiger charge is -2.10. The molecular formula is C22H26BrNO4. The fourth-order valence-electron chi connectivity index (χ4n) is 2.51. The van der Waals surface area contributed by atoms with Crippen molar-refractivity contribution in [3.63, 3.8) is 0 Å². The highest BCUT2D eigenvalue weighted by molar-refractivity contribution is 9.10. The van der Waals surface area contributed by atoms with E-state index >= 15 is 0 Å². The number of nitrogens with one attached hydrogen (secondary N) is 1. The van der Waals surface area contributed by atoms with Gasteiger partial charge in [0.2, 0.25) is 0 Å². The summed E-state index contributed by atoms with van der Waals surface area (Å²) in [7, 11) is 0. The van der Waals surface area contributed by atoms with Crippen LogP contribution in [0.1, 0.15) is 49.0 Å². The Morgan fingerprint density at radius 3 is 2.43 bits per heavy atom. The third-order valence-corrected chi connectivity index (χ3v) is 4.77. The minimum atomic E-state index is -0.349. The van der Waals surface area contributed by atoms with Crippen LogP contribution in [-0.4, -0.2) is 25.1 Å². The van der Waals surface area contributed by atoms with Crippen LogP contribution in [0.5, 0.6) is 5.75 Å². The van der Waals surface area contributed by atoms with Gasteiger partial charge in [0.15, 0.2) is 6.61 Å². The number of halogens is 1. The van der Waals surface area contributed by atoms with Gasteiger partial charge in [-0.15, -0.1) is 0 Å². The Morgan fingerprint density at radius 1 is 1.04 bits per heavy atom. The topological polar surface area (TPSA) is 64.6 Å². The second-order valence-electron chi connectivity index (χ2n) is 6.38. The number of unbranched alkanes of at least 4 members (excludes halogenated alkanes) is 2. The van der Waals surface area contributed by atoms with Crippen molar-refractivity contribution in [3.8, 4) is 5.75 Å². The smallest absolute Gasteiger partial charge is 0.338 e. The standard InChI is InChI=1S/C22H26BrNO4/c1-3-5-6-13-27-22(26)17-8-10-18(11-9-17)24-21(25)15-28-20-12-7-16(4-2)14-19(20)23/h7-12,14H,3-6,13,15H2,1-2H3,(H,24,25). The van der Waals surface area contributed by atoms with Crippen molar-refractivity contribution in [1.29, 1.82) is 0 Å². The first-order valence-corrected chi connectivity index (χ1v) is 10.3. The van der Waals surface area contributed by atoms with Crippen molar-refractivity contribution in [3.05, 3.63) is 58.1 Å². The van der Waals surface area contributed by atoms with Gasteiger partial charge in [0.25, 0.3) is 5.91 Å². The van der Waals surface area contributed by atoms with Gasteiger partial charge in [-0.2, -0.15) is 0 Å². The summed E-state index contributed by atoms with van der Waals surface area (Å²) in [5.41, 5.74) is 2.25. The molecule has 0 fully saturated rings. The van der Waals surface area contributed by atoms with Gasteiger partial charge in [-0.3, -0.25) is 4.79 Å². The lowest BCUT2D eigenvalue weighted by molar-refractivity contribution is -0.118. The normalized spacial score (nSPS) is 10.4. The molecule has 0 spiro atoms. The predicted octanol–water partition coefficient (Wildman–Crippen LogP) is 5.38. The Kier molecular flexibility index (Phi) is 9.01. The molecule has 0 aromatic heterocycles. The summed E-state index contributed by atoms with van der Waals surface area (Å²) < 4.78 is 11.6. The zero-order valence-electron chi connectivity index (χ0n) is 16.3. The highest BCUT2D eigenvalue weighted by Gasteiger charge is 2.09. The van der Waals surface area contributed by atoms with Crippen LogP contribution in [-0.2, 0) is 16.0 Å². The van der Waals surface area contributed by atoms with E-state index in [1.54, 1.807) is 24.3 Å². The van der Waals surface area contributed by atoms with Crippen LogP contribution in [0, 0.1) is 0 Å². The lowest BCUT2D eigenvalue weighted by Crippen LogP contribution is -2.20. The molecule has 6 heteroatoms. The molecule has 0 bridgehead atoms. The molecule has 0 radical (unpaired) electrons. The monoisotopic (exact) mass is 447 g/mol. The number of anilines is 1. The highest BCUT2D eigenvalue weighted by Crippen LogP contribution is 2.26. The van der Waals surface area contributed by atoms with Crippen molar-refractivity contribution in [2.45, 2.75) is 39.5 Å². The van der Waals surface area contributed by atoms with Crippen LogP contribution in [0.3, 0.4) is 0 Å². The van der Waals surface area contributed by atoms with Crippen LogP contribution in [0.2, 0.25) is 0 Å². The molecule has 0 saturated heterocycles. The Bertz CT molecular complexity index is 790. The van der Waals surface area contributed by atoms with Crippen LogP contribution in [0.15, 0.2) is 46.9 Å². The van der Waals surface area contributed by atoms with E-state index in [4.69, 9.17) is 9.47 Å². The third-order valence-electron chi connectivity index (χ3n) is 4.15. The Balaban J connectivity index is 1.81. The Labute approximate surface area is 174 Å². The maximum atomic E-state index is 12.1. The molecule has 1 N–H and O–H groups in total. The molecule has 0 heterocycles. The molecule has 0 saturated carbocycles. The maximum absolute atomic E-state index is 12.1. The number of amides is 1. The number of carbonyl (C=O) groups is 2. The molecule has 150 valence electrons. The van der Waals surface area contributed by atoms with Gasteiger partial charge in [-0.1, -0.05) is 32.8 Å². The van der Waals surface area contributed by atoms with E-state index in [9.17, 15) is 9.59 Å². The van der Waals surface area contributed by atoms with E-state index in [0.717, 1.165) is 30.2 Å². The number of ether oxygens (including phenoxy) is 2. The first-order chi connectivity index (χ1) is 13.5. The fraction of sp³-hybridized carbons (Fsp3) is 0.364. The van der Waals surface area contributed by atoms with Crippen molar-refractivity contribution in [2.75, 3.05) is 18.5 Å². The fourth-order valence-corrected chi connectivity index (χ4v) is 3.05. The van der Waals surface area contributed by atoms with E-state index in [0.29, 0.717) is 23.6 Å². The second kappa shape index (κ2) is 11.5. The quantitative estimate of drug-likeness (QED) is 0.392. The van der Waals surface area contributed by atoms with E-state index in [2.05, 4.69) is 35.1 Å². The number of esters is 1. The SMILES string of the molecule is CCCCCOC(=O)c1ccc(NC(=O)COc2ccc(CC)cc2Br)cc1. The van der Waals surface area contributed by atoms with Crippen LogP contribution >= 0.6 is 15.9 Å². The summed E-state index contributed by atoms with van der Waals surface area (Å²) in [4.78, 5) is 24.0. The van der Waals surface area contributed by atoms with Crippen LogP contribution < -0.4 is 10.1 Å². The molecule has 0 aliphatic heterocycles. The molecule has 5 nitrogen and oxygen atoms in total. The molecular weight excluding hydrogens is 422 g/mol. The number of hydrogen-bond acceptors (Lipinski definition) is 4. The summed E-state index contributed by atoms with van der Waals surface area (Å²) in [6.45, 7) is 4.50. The zero-order chi connectivity index (χ0) is 20.4. The van der Waals surface area contributed by atoms with E-state index in [1.807, 2.05) is 18.2 Å². The highest BCUT2D eigenvalue weighted by atomic mass is 79.9. The molecule has 28 heavy (non-hydrogen) atoms. The number of aryl methyl sites for hydroxylation is 1. The summed E-state index contributed by atoms with van der Waals surface area (Å²) in [6.07, 6.45) is 3.92. The Morgan fingerprint density at radius 2 is 1.79 bits per heavy atom. The number of hydrogen-bond donors (Lipinski definition) is 1. The molecule has 0 unspecified atom stereocenters. The molecule has 0 aliphatic rings. The first kappa shape index (κ1) is 22.0. The van der Waals surface area contributed by atoms with Gasteiger partial charge in [-0.05, 0) is 70.7 Å². The van der Waals surface area contributed by atoms with Gasteiger partial charge >= 0.3 is 5.97 Å². The van der Waals surface area contributed by atoms with Crippen molar-refractivity contribution in [2.24, 2.45) is 0 Å². The maximum Gasteiger partial charge on any atom is 0.338 e. The van der Waals surface area contributed by atoms with Crippen molar-refractivity contribution >= 4 is 33.5 Å². The zero-order valence-corrected chi connectivity index (χ0v) is 17.9. The number of benzene rings is 2. The van der Waals surface area contributed by atoms with E-state index in [-0.39, 0.29) is 18.5 Å². The van der Waals surface area contributed by atoms with Crippen LogP contribution in [0.4, 0.5) is 5.69 Å². The molecule has 2 rings (SSSR count). The number of carbonyl (C=O) groups excluding carboxylic acids is 2. The molecule has 1 amide bonds. The number of rotatable bonds is 10. The van der Waals surface area contributed by atoms with Crippen LogP contribution in [0.25, 0.3) is 0 Å². The van der Waals surface area contributed by atoms with Crippen molar-refractivity contribution in [1.82, 2.24) is 0 Å². The summed E-state index contributed by atoms with van der Waals surface area (Å²) in [5, 5.41) is 2.75. The van der Waals surface area contributed by atoms with Gasteiger partial charge in [0, 0.05) is 5.69 Å². The van der Waals surface area contributed by atoms with Gasteiger partial charge in [0.1, 0.15) is 5.75 Å². The Hall–Kier alpha value is -2.34. The van der Waals surface area contributed by atoms with Crippen molar-refractivity contribution < 1.29 is 19.1 Å². The van der Waals surface area contributed by atoms with Gasteiger partial charge < -0.3 is 14.8 Å². The minimum Gasteiger partial charge on any atom is -0.483 e. The predicted molar refractivity (Wildman–Crippen MR) is 114 cm³/mol. The first-order valence-electron chi connectivity index (χ1n) is 9.51. The molecule has 2 aromatic carbocycles. The van der Waals surface area contributed by atoms with Gasteiger partial charge in [0.05, 0.1) is 16.6 Å². The summed E-state index contributed by atoms with van der Waals surface area (Å²) >= 11 is 3.45. The summed E-state index contributed by atoms with van der Waals surface area (Å²) in [6, 6.07) is 12.4. The molecule has 0 aliphatic carbocycles. The third kappa shape index (κ3) is 7.00. The second-order valence-corrected chi connectivity index (χ2v) is 7.23. The van der Waals surface area contributed by atoms with Gasteiger partial charge in [-0.25, -0.2) is 4.79 Å². The van der Waals surface area contributed by atoms with E-state index in [1.165, 1.54) is 5.56 Å². The lowest BCUT2D eigenvalue weighted by atomic mass is 10.2. The average molecular weight is 448 g/mol. The molecule has 0 atom stereocenters. The van der Waals surface area contributed by atoms with E-state index < -0.39 is 0 Å². The minimum absolute atomic E-state index is 0.106. The summed E-state index contributed by atoms with van der Waals surface area (Å²) in [5.74, 6) is -0.00688.